The van der Waals surface area contributed by atoms with E-state index in [-0.39, 0.29) is 296 Å². The molecule has 6 aliphatic heterocycles. The number of carboxylic acid groups (broad SMARTS) is 3. The number of rotatable bonds is 30. The van der Waals surface area contributed by atoms with E-state index in [9.17, 15) is 161 Å². The Kier molecular flexibility index (Phi) is 62.4. The maximum atomic E-state index is 12.4. The van der Waals surface area contributed by atoms with Gasteiger partial charge >= 0.3 is 296 Å². The zero-order chi connectivity index (χ0) is 77.8. The third-order valence-corrected chi connectivity index (χ3v) is 17.8. The molecule has 112 heavy (non-hydrogen) atoms. The molecule has 6 rings (SSSR count). The monoisotopic (exact) mass is 1860 g/mol. The number of carboxylic acids is 3. The van der Waals surface area contributed by atoms with Gasteiger partial charge in [-0.2, -0.15) is 0 Å². The van der Waals surface area contributed by atoms with Crippen molar-refractivity contribution in [3.63, 3.8) is 0 Å². The second-order valence-electron chi connectivity index (χ2n) is 21.6. The molecule has 0 bridgehead atoms. The molecule has 1 amide bonds. The van der Waals surface area contributed by atoms with Crippen LogP contribution in [0.15, 0.2) is 11.8 Å². The number of carbonyl (C=O) groups excluding carboxylic acids is 4. The van der Waals surface area contributed by atoms with Gasteiger partial charge in [-0.3, -0.25) is 25.7 Å². The second kappa shape index (κ2) is 54.3. The van der Waals surface area contributed by atoms with E-state index in [0.717, 1.165) is 18.6 Å². The van der Waals surface area contributed by atoms with Gasteiger partial charge in [-0.1, -0.05) is 0 Å². The van der Waals surface area contributed by atoms with Crippen LogP contribution in [0.5, 0.6) is 0 Å². The summed E-state index contributed by atoms with van der Waals surface area (Å²) in [4.78, 5) is 47.3. The molecule has 5 fully saturated rings. The van der Waals surface area contributed by atoms with Crippen molar-refractivity contribution in [2.45, 2.75) is 192 Å². The smallest absolute Gasteiger partial charge is 0.735 e. The molecule has 54 nitrogen and oxygen atoms in total. The third-order valence-electron chi connectivity index (χ3n) is 14.4. The fraction of sp³-hybridized carbons (Fsp3) is 0.854. The summed E-state index contributed by atoms with van der Waals surface area (Å²) < 4.78 is 321. The first kappa shape index (κ1) is 129. The molecule has 5 saturated heterocycles. The van der Waals surface area contributed by atoms with Gasteiger partial charge in [0.2, 0.25) is 64.2 Å². The van der Waals surface area contributed by atoms with Crippen LogP contribution < -0.4 is 326 Å². The van der Waals surface area contributed by atoms with Crippen molar-refractivity contribution in [2.24, 2.45) is 0 Å². The van der Waals surface area contributed by atoms with Gasteiger partial charge in [0, 0.05) is 14.0 Å². The number of hydrogen-bond donors (Lipinski definition) is 10. The minimum absolute atomic E-state index is 0. The number of amides is 1. The van der Waals surface area contributed by atoms with Gasteiger partial charge in [0.1, 0.15) is 134 Å². The van der Waals surface area contributed by atoms with E-state index in [0.29, 0.717) is 13.2 Å². The number of hydrogen-bond acceptors (Lipinski definition) is 51. The minimum atomic E-state index is -6.20. The first-order valence-corrected chi connectivity index (χ1v) is 36.9. The Balaban J connectivity index is -0.000000483. The number of nitrogens with one attached hydrogen (secondary N) is 3. The fourth-order valence-corrected chi connectivity index (χ4v) is 13.4. The van der Waals surface area contributed by atoms with Crippen molar-refractivity contribution in [1.82, 2.24) is 14.8 Å². The molecule has 71 heteroatoms. The molecule has 594 valence electrons. The first-order chi connectivity index (χ1) is 46.4. The van der Waals surface area contributed by atoms with E-state index < -0.39 is 293 Å². The molecule has 6 heterocycles. The summed E-state index contributed by atoms with van der Waals surface area (Å²) in [6.07, 6.45) is -56.6. The fourth-order valence-electron chi connectivity index (χ4n) is 10.3. The first-order valence-electron chi connectivity index (χ1n) is 27.4. The molecule has 0 spiro atoms. The van der Waals surface area contributed by atoms with E-state index in [1.165, 1.54) is 11.6 Å². The van der Waals surface area contributed by atoms with E-state index >= 15 is 0 Å². The summed E-state index contributed by atoms with van der Waals surface area (Å²) in [5.41, 5.74) is 0. The number of aliphatic hydroxyl groups excluding tert-OH is 7. The molecular weight excluding hydrogens is 1800 g/mol. The van der Waals surface area contributed by atoms with Crippen LogP contribution in [-0.2, 0) is 165 Å². The van der Waals surface area contributed by atoms with Crippen LogP contribution in [0.2, 0.25) is 0 Å². The van der Waals surface area contributed by atoms with Crippen LogP contribution in [0.4, 0.5) is 0 Å². The van der Waals surface area contributed by atoms with Gasteiger partial charge in [0.05, 0.1) is 50.0 Å². The maximum absolute atomic E-state index is 12.4. The van der Waals surface area contributed by atoms with E-state index in [4.69, 9.17) is 52.1 Å². The van der Waals surface area contributed by atoms with Gasteiger partial charge < -0.3 is 155 Å². The van der Waals surface area contributed by atoms with Gasteiger partial charge in [-0.15, -0.1) is 0 Å². The second-order valence-corrected chi connectivity index (χ2v) is 29.0. The van der Waals surface area contributed by atoms with Crippen molar-refractivity contribution in [3.8, 4) is 0 Å². The van der Waals surface area contributed by atoms with E-state index in [1.54, 1.807) is 0 Å². The summed E-state index contributed by atoms with van der Waals surface area (Å²) in [7, 11) is -39.8. The number of methoxy groups -OCH3 is 1. The van der Waals surface area contributed by atoms with Crippen LogP contribution in [0.1, 0.15) is 20.8 Å². The van der Waals surface area contributed by atoms with Gasteiger partial charge in [-0.05, 0) is 19.9 Å². The normalized spacial score (nSPS) is 34.9. The van der Waals surface area contributed by atoms with Crippen molar-refractivity contribution in [3.05, 3.63) is 11.8 Å². The Morgan fingerprint density at radius 3 is 1.17 bits per heavy atom. The molecule has 0 aromatic heterocycles. The predicted octanol–water partition coefficient (Wildman–Crippen LogP) is -49.2. The summed E-state index contributed by atoms with van der Waals surface area (Å²) in [6, 6.07) is -6.69. The molecule has 1 unspecified atom stereocenters. The van der Waals surface area contributed by atoms with Crippen LogP contribution >= 0.6 is 0 Å². The average molecular weight is 1860 g/mol. The number of ether oxygens (including phenoxy) is 11. The summed E-state index contributed by atoms with van der Waals surface area (Å²) in [5, 5.41) is 112. The number of carbonyl (C=O) groups is 4. The van der Waals surface area contributed by atoms with Gasteiger partial charge in [0.25, 0.3) is 0 Å². The van der Waals surface area contributed by atoms with Crippen LogP contribution in [0.25, 0.3) is 0 Å². The molecule has 28 atom stereocenters. The van der Waals surface area contributed by atoms with Gasteiger partial charge in [0.15, 0.2) is 45.6 Å². The largest absolute Gasteiger partial charge is 1.00 e. The minimum Gasteiger partial charge on any atom is -0.735 e. The number of aliphatic carboxylic acids is 3. The Morgan fingerprint density at radius 2 is 0.777 bits per heavy atom. The van der Waals surface area contributed by atoms with Crippen LogP contribution in [-0.4, -0.2) is 349 Å². The molecule has 0 saturated carbocycles. The summed E-state index contributed by atoms with van der Waals surface area (Å²) >= 11 is 0. The quantitative estimate of drug-likeness (QED) is 0.0181. The molecule has 6 aliphatic rings. The molecule has 0 aromatic carbocycles. The van der Waals surface area contributed by atoms with E-state index in [1.807, 2.05) is 0 Å². The zero-order valence-corrected chi connectivity index (χ0v) is 86.5. The van der Waals surface area contributed by atoms with E-state index in [2.05, 4.69) is 26.2 Å². The van der Waals surface area contributed by atoms with Crippen molar-refractivity contribution >= 4 is 96.4 Å². The Labute approximate surface area is 858 Å². The Bertz CT molecular complexity index is 3840. The summed E-state index contributed by atoms with van der Waals surface area (Å²) in [6.45, 7) is -1.14. The third kappa shape index (κ3) is 40.7. The Hall–Kier alpha value is 5.83. The van der Waals surface area contributed by atoms with Crippen molar-refractivity contribution < 1.29 is 530 Å². The molecule has 0 aliphatic carbocycles. The predicted molar refractivity (Wildman–Crippen MR) is 282 cm³/mol. The number of aliphatic hydroxyl groups is 7. The van der Waals surface area contributed by atoms with Crippen LogP contribution in [0, 0.1) is 0 Å². The van der Waals surface area contributed by atoms with Gasteiger partial charge in [-0.25, -0.2) is 68.4 Å². The standard InChI is InChI=1S/C21H31NO19S.C20H36N2O32S6.10Na/c1-5-11(25)14(28)16(17(37-5)19(31)32)41-20-10(22-6(2)23)13(27)15(9(39-20)4-36-42(33,34)35)40-21-12(26)7(24)3-8(38-21)18(29)30;1-5-8(21-55(27,28)29)10(23)12(6(48-5)3-46-57(33,34)35)50-20-16(54-60(42,43)44)11(24)15(17(52-20)18(25)26)51-19-9(22-56(30,31)32)14(53-59(39,40)41)13(45-2)7(49-19)4-47-58(36,37)38;;;;;;;;;;/h3,5,7,9-17,20-21,24-28H,4H2,1-2H3,(H,22,23)(H,29,30)(H,31,32)(H,33,34,35);5-17,19-24H,3-4H2,1-2H3,(H,25,26)(H,27,28,29)(H,30,31,32)(H,33,34,35)(H,36,37,38)(H,39,40,41)(H,42,43,44);;;;;;;;;;/q;;10*+1/p-10/t5-,7-,9+,10+,11-,12+,13+,14+,15+,16-,17-,20+,21-;5?,6-,7-,8+,9-,10-,11+,12-,13-,14-,15+,16-,17-,19-,20-;;;;;;;;;;/m01........../s1. The average Bonchev–Trinajstić information content (AvgIpc) is 0.771. The Morgan fingerprint density at radius 1 is 0.411 bits per heavy atom. The van der Waals surface area contributed by atoms with Crippen molar-refractivity contribution in [1.29, 1.82) is 0 Å². The maximum Gasteiger partial charge on any atom is 1.00 e. The molecule has 10 N–H and O–H groups in total. The topological polar surface area (TPSA) is 863 Å². The summed E-state index contributed by atoms with van der Waals surface area (Å²) in [5.74, 6) is -8.28. The van der Waals surface area contributed by atoms with Crippen LogP contribution in [0.3, 0.4) is 0 Å². The SMILES string of the molecule is CC(=O)N[C@H]1[C@@H](O[C@H]2[C@H](O)[C@@H](O)[C@H](C)O[C@@H]2C(=O)[O-])O[C@H](COS(=O)(=O)[O-])[C@@H](O[C@@H]2OC(C(=O)[O-])=C[C@H](O)[C@H]2O)[C@@H]1O.CO[C@H]1[C@H](OS(=O)(=O)[O-])[C@@H](NS(=O)(=O)[O-])[C@@H](O[C@H]2[C@H](O)[C@@H](OS(=O)(=O)[O-])[C@H](O[C@H]3[C@H](O)[C@@H](NS(=O)(=O)[O-])C(C)O[C@@H]3COS(=O)(=O)[O-])O[C@H]2C(=O)[O-])O[C@@H]1COS(=O)(=O)[O-].[Na+].[Na+].[Na+].[Na+].[Na+].[Na+].[Na+].[Na+].[Na+].[Na+]. The molecular formula is C41H57N3Na10O51S7. The molecule has 0 aromatic rings. The zero-order valence-electron chi connectivity index (χ0n) is 60.8. The molecule has 0 radical (unpaired) electrons. The van der Waals surface area contributed by atoms with Crippen molar-refractivity contribution in [2.75, 3.05) is 26.9 Å².